The predicted molar refractivity (Wildman–Crippen MR) is 121 cm³/mol. The molecule has 6 rings (SSSR count). The molecule has 2 aromatic heterocycles. The van der Waals surface area contributed by atoms with E-state index in [2.05, 4.69) is 36.0 Å². The molecule has 4 aliphatic rings. The lowest BCUT2D eigenvalue weighted by atomic mass is 9.72. The second-order valence-electron chi connectivity index (χ2n) is 9.97. The molecule has 0 saturated carbocycles. The van der Waals surface area contributed by atoms with Gasteiger partial charge in [0, 0.05) is 29.2 Å². The number of aromatic amines is 2. The first kappa shape index (κ1) is 18.3. The number of nitrogens with zero attached hydrogens (tertiary/aromatic N) is 1. The van der Waals surface area contributed by atoms with Gasteiger partial charge in [0.25, 0.3) is 0 Å². The fraction of sp³-hybridized carbons (Fsp3) is 0.500. The third kappa shape index (κ3) is 2.42. The van der Waals surface area contributed by atoms with E-state index in [4.69, 9.17) is 9.73 Å². The van der Waals surface area contributed by atoms with Crippen LogP contribution in [-0.2, 0) is 16.6 Å². The van der Waals surface area contributed by atoms with Crippen LogP contribution in [0.5, 0.6) is 0 Å². The average Bonchev–Trinajstić information content (AvgIpc) is 3.49. The topological polar surface area (TPSA) is 53.2 Å². The Morgan fingerprint density at radius 2 is 1.97 bits per heavy atom. The van der Waals surface area contributed by atoms with Crippen molar-refractivity contribution in [2.45, 2.75) is 70.1 Å². The minimum Gasteiger partial charge on any atom is -0.494 e. The van der Waals surface area contributed by atoms with E-state index in [1.807, 2.05) is 12.3 Å². The van der Waals surface area contributed by atoms with Gasteiger partial charge in [-0.2, -0.15) is 0 Å². The molecule has 156 valence electrons. The molecule has 0 fully saturated rings. The zero-order valence-corrected chi connectivity index (χ0v) is 18.3. The van der Waals surface area contributed by atoms with Gasteiger partial charge in [0.15, 0.2) is 0 Å². The third-order valence-electron chi connectivity index (χ3n) is 8.02. The first-order valence-corrected chi connectivity index (χ1v) is 11.6. The van der Waals surface area contributed by atoms with E-state index in [1.165, 1.54) is 61.9 Å². The second kappa shape index (κ2) is 6.50. The van der Waals surface area contributed by atoms with Crippen LogP contribution in [0.15, 0.2) is 40.9 Å². The molecule has 30 heavy (non-hydrogen) atoms. The van der Waals surface area contributed by atoms with Crippen molar-refractivity contribution in [1.82, 2.24) is 9.97 Å². The molecule has 4 heteroatoms. The van der Waals surface area contributed by atoms with Crippen molar-refractivity contribution in [2.75, 3.05) is 7.11 Å². The molecule has 1 unspecified atom stereocenters. The lowest BCUT2D eigenvalue weighted by molar-refractivity contribution is 0.301. The molecule has 2 bridgehead atoms. The molecule has 3 heterocycles. The van der Waals surface area contributed by atoms with E-state index >= 15 is 0 Å². The summed E-state index contributed by atoms with van der Waals surface area (Å²) in [4.78, 5) is 12.4. The maximum absolute atomic E-state index is 5.87. The average molecular weight is 402 g/mol. The van der Waals surface area contributed by atoms with Crippen LogP contribution >= 0.6 is 0 Å². The first-order valence-electron chi connectivity index (χ1n) is 11.6. The molecule has 0 spiro atoms. The van der Waals surface area contributed by atoms with Crippen molar-refractivity contribution in [1.29, 1.82) is 0 Å². The highest BCUT2D eigenvalue weighted by atomic mass is 16.5. The Balaban J connectivity index is 1.62. The minimum absolute atomic E-state index is 0.130. The van der Waals surface area contributed by atoms with Gasteiger partial charge in [0.1, 0.15) is 11.5 Å². The quantitative estimate of drug-likeness (QED) is 0.638. The van der Waals surface area contributed by atoms with Crippen molar-refractivity contribution in [2.24, 2.45) is 10.9 Å². The summed E-state index contributed by atoms with van der Waals surface area (Å²) in [5, 5.41) is 0. The van der Waals surface area contributed by atoms with Gasteiger partial charge >= 0.3 is 0 Å². The van der Waals surface area contributed by atoms with E-state index in [-0.39, 0.29) is 5.41 Å². The van der Waals surface area contributed by atoms with Crippen LogP contribution in [0.1, 0.15) is 86.5 Å². The van der Waals surface area contributed by atoms with Crippen LogP contribution in [0, 0.1) is 5.92 Å². The summed E-state index contributed by atoms with van der Waals surface area (Å²) < 4.78 is 5.87. The lowest BCUT2D eigenvalue weighted by Gasteiger charge is -2.32. The maximum Gasteiger partial charge on any atom is 0.147 e. The first-order chi connectivity index (χ1) is 14.6. The number of rotatable bonds is 2. The number of fused-ring (bicyclic) bond motifs is 1. The van der Waals surface area contributed by atoms with Gasteiger partial charge in [0.05, 0.1) is 18.5 Å². The number of methoxy groups -OCH3 is 1. The van der Waals surface area contributed by atoms with E-state index < -0.39 is 0 Å². The highest BCUT2D eigenvalue weighted by molar-refractivity contribution is 6.11. The van der Waals surface area contributed by atoms with Crippen LogP contribution in [-0.4, -0.2) is 22.8 Å². The van der Waals surface area contributed by atoms with Gasteiger partial charge in [-0.25, -0.2) is 4.99 Å². The molecule has 3 aliphatic carbocycles. The summed E-state index contributed by atoms with van der Waals surface area (Å²) in [7, 11) is 1.77. The number of ether oxygens (including phenoxy) is 1. The Bertz CT molecular complexity index is 1090. The number of hydrogen-bond acceptors (Lipinski definition) is 2. The molecule has 1 aliphatic heterocycles. The van der Waals surface area contributed by atoms with Crippen LogP contribution in [0.3, 0.4) is 0 Å². The normalized spacial score (nSPS) is 29.2. The number of aromatic nitrogens is 2. The van der Waals surface area contributed by atoms with Crippen LogP contribution < -0.4 is 0 Å². The van der Waals surface area contributed by atoms with Gasteiger partial charge in [-0.15, -0.1) is 0 Å². The molecule has 2 N–H and O–H groups in total. The SMILES string of the molecule is COC1=CC(c2ccc[nH]2)=N/C1=C1\c2[nH]c3c4c2C(C)(C)[C@H]1CCCCC4CCC3. The number of aliphatic imine (C=N–C) groups is 1. The number of nitrogens with one attached hydrogen (secondary N) is 2. The zero-order valence-electron chi connectivity index (χ0n) is 18.3. The van der Waals surface area contributed by atoms with Crippen molar-refractivity contribution in [3.8, 4) is 0 Å². The maximum atomic E-state index is 5.87. The van der Waals surface area contributed by atoms with Gasteiger partial charge in [-0.3, -0.25) is 0 Å². The molecule has 4 nitrogen and oxygen atoms in total. The summed E-state index contributed by atoms with van der Waals surface area (Å²) >= 11 is 0. The Morgan fingerprint density at radius 3 is 2.77 bits per heavy atom. The molecule has 0 aromatic carbocycles. The van der Waals surface area contributed by atoms with E-state index in [0.29, 0.717) is 5.92 Å². The molecule has 2 atom stereocenters. The molecule has 2 aromatic rings. The fourth-order valence-electron chi connectivity index (χ4n) is 6.66. The second-order valence-corrected chi connectivity index (χ2v) is 9.97. The van der Waals surface area contributed by atoms with Crippen LogP contribution in [0.2, 0.25) is 0 Å². The summed E-state index contributed by atoms with van der Waals surface area (Å²) in [6.07, 6.45) is 13.1. The predicted octanol–water partition coefficient (Wildman–Crippen LogP) is 5.99. The fourth-order valence-corrected chi connectivity index (χ4v) is 6.66. The van der Waals surface area contributed by atoms with Crippen LogP contribution in [0.4, 0.5) is 0 Å². The smallest absolute Gasteiger partial charge is 0.147 e. The van der Waals surface area contributed by atoms with Gasteiger partial charge in [0.2, 0.25) is 0 Å². The molecular formula is C26H31N3O. The summed E-state index contributed by atoms with van der Waals surface area (Å²) in [6, 6.07) is 4.10. The van der Waals surface area contributed by atoms with Crippen molar-refractivity contribution >= 4 is 11.3 Å². The van der Waals surface area contributed by atoms with Crippen molar-refractivity contribution < 1.29 is 4.74 Å². The number of hydrogen-bond donors (Lipinski definition) is 2. The highest BCUT2D eigenvalue weighted by Crippen LogP contribution is 2.59. The Labute approximate surface area is 178 Å². The molecule has 0 saturated heterocycles. The molecular weight excluding hydrogens is 370 g/mol. The standard InChI is InChI=1S/C26H31N3O/c1-26(2)16-10-5-4-8-15-9-6-11-18-21(15)23(26)25(28-18)22(16)24-20(30-3)14-19(29-24)17-12-7-13-27-17/h7,12-16,27-28H,4-6,8-11H2,1-3H3/b24-22-/t15?,16-/m0/s1. The Kier molecular flexibility index (Phi) is 3.96. The van der Waals surface area contributed by atoms with E-state index in [0.717, 1.165) is 28.8 Å². The van der Waals surface area contributed by atoms with Crippen molar-refractivity contribution in [3.05, 3.63) is 64.1 Å². The monoisotopic (exact) mass is 401 g/mol. The van der Waals surface area contributed by atoms with Gasteiger partial charge in [-0.1, -0.05) is 26.7 Å². The Morgan fingerprint density at radius 1 is 1.13 bits per heavy atom. The molecule has 0 radical (unpaired) electrons. The van der Waals surface area contributed by atoms with Crippen LogP contribution in [0.25, 0.3) is 5.57 Å². The zero-order chi connectivity index (χ0) is 20.5. The minimum atomic E-state index is 0.130. The third-order valence-corrected chi connectivity index (χ3v) is 8.02. The van der Waals surface area contributed by atoms with E-state index in [9.17, 15) is 0 Å². The summed E-state index contributed by atoms with van der Waals surface area (Å²) in [6.45, 7) is 4.94. The number of allylic oxidation sites excluding steroid dienone is 2. The van der Waals surface area contributed by atoms with Gasteiger partial charge < -0.3 is 14.7 Å². The summed E-state index contributed by atoms with van der Waals surface area (Å²) in [5.41, 5.74) is 10.7. The lowest BCUT2D eigenvalue weighted by Crippen LogP contribution is -2.26. The van der Waals surface area contributed by atoms with Gasteiger partial charge in [-0.05, 0) is 72.6 Å². The summed E-state index contributed by atoms with van der Waals surface area (Å²) in [5.74, 6) is 2.10. The largest absolute Gasteiger partial charge is 0.494 e. The number of H-pyrrole nitrogens is 2. The highest BCUT2D eigenvalue weighted by Gasteiger charge is 2.50. The van der Waals surface area contributed by atoms with E-state index in [1.54, 1.807) is 18.2 Å². The molecule has 0 amide bonds. The van der Waals surface area contributed by atoms with Crippen molar-refractivity contribution in [3.63, 3.8) is 0 Å². The number of aryl methyl sites for hydroxylation is 1. The Hall–Kier alpha value is -2.49.